The van der Waals surface area contributed by atoms with E-state index in [4.69, 9.17) is 5.73 Å². The fourth-order valence-corrected chi connectivity index (χ4v) is 2.06. The molecule has 0 bridgehead atoms. The average molecular weight is 221 g/mol. The van der Waals surface area contributed by atoms with Crippen molar-refractivity contribution < 1.29 is 5.11 Å². The molecular weight excluding hydrogens is 198 g/mol. The average Bonchev–Trinajstić information content (AvgIpc) is 2.19. The summed E-state index contributed by atoms with van der Waals surface area (Å²) in [5.41, 5.74) is 9.10. The second-order valence-electron chi connectivity index (χ2n) is 4.83. The van der Waals surface area contributed by atoms with Crippen LogP contribution in [-0.4, -0.2) is 11.1 Å². The van der Waals surface area contributed by atoms with Gasteiger partial charge in [-0.05, 0) is 42.4 Å². The van der Waals surface area contributed by atoms with Crippen LogP contribution in [0.1, 0.15) is 50.3 Å². The Hall–Kier alpha value is -1.02. The summed E-state index contributed by atoms with van der Waals surface area (Å²) in [5, 5.41) is 10.2. The van der Waals surface area contributed by atoms with E-state index < -0.39 is 0 Å². The zero-order chi connectivity index (χ0) is 12.3. The fourth-order valence-electron chi connectivity index (χ4n) is 2.06. The summed E-state index contributed by atoms with van der Waals surface area (Å²) in [6.45, 7) is 8.32. The number of hydrogen-bond acceptors (Lipinski definition) is 2. The quantitative estimate of drug-likeness (QED) is 0.821. The van der Waals surface area contributed by atoms with Crippen molar-refractivity contribution in [3.63, 3.8) is 0 Å². The molecule has 3 N–H and O–H groups in total. The number of rotatable bonds is 4. The largest absolute Gasteiger partial charge is 0.507 e. The molecule has 2 heteroatoms. The molecule has 0 aromatic heterocycles. The van der Waals surface area contributed by atoms with E-state index in [0.717, 1.165) is 24.0 Å². The van der Waals surface area contributed by atoms with E-state index >= 15 is 0 Å². The third-order valence-electron chi connectivity index (χ3n) is 2.93. The van der Waals surface area contributed by atoms with Gasteiger partial charge in [0.25, 0.3) is 0 Å². The topological polar surface area (TPSA) is 46.2 Å². The van der Waals surface area contributed by atoms with E-state index in [9.17, 15) is 5.11 Å². The molecule has 1 unspecified atom stereocenters. The zero-order valence-electron chi connectivity index (χ0n) is 10.7. The van der Waals surface area contributed by atoms with Gasteiger partial charge in [0.05, 0.1) is 0 Å². The van der Waals surface area contributed by atoms with Crippen LogP contribution < -0.4 is 5.73 Å². The van der Waals surface area contributed by atoms with Gasteiger partial charge in [-0.15, -0.1) is 0 Å². The van der Waals surface area contributed by atoms with Crippen LogP contribution in [0.15, 0.2) is 12.1 Å². The zero-order valence-corrected chi connectivity index (χ0v) is 10.7. The molecule has 0 radical (unpaired) electrons. The molecule has 0 fully saturated rings. The van der Waals surface area contributed by atoms with Gasteiger partial charge in [0, 0.05) is 6.04 Å². The maximum absolute atomic E-state index is 10.2. The summed E-state index contributed by atoms with van der Waals surface area (Å²) >= 11 is 0. The molecule has 1 aromatic rings. The highest BCUT2D eigenvalue weighted by Crippen LogP contribution is 2.31. The van der Waals surface area contributed by atoms with Crippen LogP contribution in [-0.2, 0) is 12.8 Å². The number of hydrogen-bond donors (Lipinski definition) is 2. The van der Waals surface area contributed by atoms with Gasteiger partial charge in [-0.3, -0.25) is 0 Å². The number of aromatic hydroxyl groups is 1. The SMILES string of the molecule is CCc1ccc(C(C)C)c(CC(C)N)c1O. The Balaban J connectivity index is 3.25. The minimum absolute atomic E-state index is 0.0792. The Morgan fingerprint density at radius 3 is 2.31 bits per heavy atom. The third-order valence-corrected chi connectivity index (χ3v) is 2.93. The first kappa shape index (κ1) is 13.0. The lowest BCUT2D eigenvalue weighted by molar-refractivity contribution is 0.457. The highest BCUT2D eigenvalue weighted by Gasteiger charge is 2.15. The summed E-state index contributed by atoms with van der Waals surface area (Å²) in [4.78, 5) is 0. The highest BCUT2D eigenvalue weighted by atomic mass is 16.3. The minimum Gasteiger partial charge on any atom is -0.507 e. The van der Waals surface area contributed by atoms with Crippen LogP contribution >= 0.6 is 0 Å². The van der Waals surface area contributed by atoms with Crippen molar-refractivity contribution in [2.24, 2.45) is 5.73 Å². The molecule has 0 saturated heterocycles. The van der Waals surface area contributed by atoms with Crippen LogP contribution in [0.4, 0.5) is 0 Å². The molecule has 0 aliphatic rings. The predicted octanol–water partition coefficient (Wildman–Crippen LogP) is 2.97. The summed E-state index contributed by atoms with van der Waals surface area (Å²) < 4.78 is 0. The maximum Gasteiger partial charge on any atom is 0.122 e. The first-order valence-electron chi connectivity index (χ1n) is 6.06. The molecule has 0 heterocycles. The Morgan fingerprint density at radius 1 is 1.25 bits per heavy atom. The van der Waals surface area contributed by atoms with Gasteiger partial charge in [-0.1, -0.05) is 32.9 Å². The smallest absolute Gasteiger partial charge is 0.122 e. The fraction of sp³-hybridized carbons (Fsp3) is 0.571. The van der Waals surface area contributed by atoms with Gasteiger partial charge in [-0.25, -0.2) is 0 Å². The molecule has 1 atom stereocenters. The van der Waals surface area contributed by atoms with Gasteiger partial charge < -0.3 is 10.8 Å². The van der Waals surface area contributed by atoms with Gasteiger partial charge >= 0.3 is 0 Å². The molecule has 1 aromatic carbocycles. The summed E-state index contributed by atoms with van der Waals surface area (Å²) in [7, 11) is 0. The van der Waals surface area contributed by atoms with Gasteiger partial charge in [0.2, 0.25) is 0 Å². The monoisotopic (exact) mass is 221 g/mol. The molecular formula is C14H23NO. The van der Waals surface area contributed by atoms with Gasteiger partial charge in [0.15, 0.2) is 0 Å². The second kappa shape index (κ2) is 5.35. The Morgan fingerprint density at radius 2 is 1.88 bits per heavy atom. The van der Waals surface area contributed by atoms with Crippen molar-refractivity contribution >= 4 is 0 Å². The molecule has 0 spiro atoms. The minimum atomic E-state index is 0.0792. The van der Waals surface area contributed by atoms with E-state index in [1.54, 1.807) is 0 Å². The third kappa shape index (κ3) is 2.76. The number of benzene rings is 1. The second-order valence-corrected chi connectivity index (χ2v) is 4.83. The highest BCUT2D eigenvalue weighted by molar-refractivity contribution is 5.47. The molecule has 1 rings (SSSR count). The standard InChI is InChI=1S/C14H23NO/c1-5-11-6-7-12(9(2)3)13(14(11)16)8-10(4)15/h6-7,9-10,16H,5,8,15H2,1-4H3. The first-order chi connectivity index (χ1) is 7.47. The lowest BCUT2D eigenvalue weighted by Crippen LogP contribution is -2.19. The predicted molar refractivity (Wildman–Crippen MR) is 68.9 cm³/mol. The molecule has 2 nitrogen and oxygen atoms in total. The van der Waals surface area contributed by atoms with Crippen LogP contribution in [0.25, 0.3) is 0 Å². The normalized spacial score (nSPS) is 13.1. The molecule has 16 heavy (non-hydrogen) atoms. The van der Waals surface area contributed by atoms with Crippen molar-refractivity contribution in [2.75, 3.05) is 0 Å². The van der Waals surface area contributed by atoms with E-state index in [2.05, 4.69) is 26.8 Å². The molecule has 0 saturated carbocycles. The van der Waals surface area contributed by atoms with Gasteiger partial charge in [-0.2, -0.15) is 0 Å². The lowest BCUT2D eigenvalue weighted by Gasteiger charge is -2.18. The number of aryl methyl sites for hydroxylation is 1. The van der Waals surface area contributed by atoms with Crippen molar-refractivity contribution in [3.8, 4) is 5.75 Å². The first-order valence-corrected chi connectivity index (χ1v) is 6.06. The van der Waals surface area contributed by atoms with Crippen LogP contribution in [0.5, 0.6) is 5.75 Å². The number of nitrogens with two attached hydrogens (primary N) is 1. The number of phenolic OH excluding ortho intramolecular Hbond substituents is 1. The Bertz CT molecular complexity index is 356. The van der Waals surface area contributed by atoms with Crippen LogP contribution in [0.2, 0.25) is 0 Å². The van der Waals surface area contributed by atoms with Crippen molar-refractivity contribution in [1.29, 1.82) is 0 Å². The van der Waals surface area contributed by atoms with Gasteiger partial charge in [0.1, 0.15) is 5.75 Å². The van der Waals surface area contributed by atoms with Crippen molar-refractivity contribution in [2.45, 2.75) is 52.5 Å². The Kier molecular flexibility index (Phi) is 4.36. The number of phenols is 1. The van der Waals surface area contributed by atoms with E-state index in [1.165, 1.54) is 5.56 Å². The lowest BCUT2D eigenvalue weighted by atomic mass is 9.90. The summed E-state index contributed by atoms with van der Waals surface area (Å²) in [6, 6.07) is 4.23. The molecule has 90 valence electrons. The van der Waals surface area contributed by atoms with Crippen molar-refractivity contribution in [1.82, 2.24) is 0 Å². The maximum atomic E-state index is 10.2. The molecule has 0 aliphatic heterocycles. The molecule has 0 amide bonds. The van der Waals surface area contributed by atoms with E-state index in [-0.39, 0.29) is 6.04 Å². The summed E-state index contributed by atoms with van der Waals surface area (Å²) in [5.74, 6) is 0.872. The van der Waals surface area contributed by atoms with Crippen molar-refractivity contribution in [3.05, 3.63) is 28.8 Å². The van der Waals surface area contributed by atoms with E-state index in [1.807, 2.05) is 13.0 Å². The Labute approximate surface area is 98.5 Å². The van der Waals surface area contributed by atoms with Crippen LogP contribution in [0.3, 0.4) is 0 Å². The van der Waals surface area contributed by atoms with E-state index in [0.29, 0.717) is 11.7 Å². The summed E-state index contributed by atoms with van der Waals surface area (Å²) in [6.07, 6.45) is 1.60. The van der Waals surface area contributed by atoms with Crippen LogP contribution in [0, 0.1) is 0 Å². The molecule has 0 aliphatic carbocycles.